The molecule has 0 radical (unpaired) electrons. The van der Waals surface area contributed by atoms with Gasteiger partial charge in [0.15, 0.2) is 0 Å². The van der Waals surface area contributed by atoms with Crippen LogP contribution in [0.3, 0.4) is 0 Å². The minimum atomic E-state index is -0.975. The number of aromatic carboxylic acids is 1. The zero-order chi connectivity index (χ0) is 8.43. The summed E-state index contributed by atoms with van der Waals surface area (Å²) in [6.45, 7) is 1.78. The van der Waals surface area contributed by atoms with Crippen molar-refractivity contribution >= 4 is 19.3 Å². The molecule has 1 heterocycles. The van der Waals surface area contributed by atoms with Gasteiger partial charge in [-0.2, -0.15) is 0 Å². The maximum Gasteiger partial charge on any atom is 0.354 e. The van der Waals surface area contributed by atoms with Crippen molar-refractivity contribution in [2.24, 2.45) is 0 Å². The van der Waals surface area contributed by atoms with Gasteiger partial charge in [-0.3, -0.25) is 0 Å². The highest BCUT2D eigenvalue weighted by Gasteiger charge is 2.04. The van der Waals surface area contributed by atoms with Gasteiger partial charge < -0.3 is 5.11 Å². The number of rotatable bonds is 1. The maximum absolute atomic E-state index is 10.4. The molecule has 56 valence electrons. The normalized spacial score (nSPS) is 9.55. The second-order valence-corrected chi connectivity index (χ2v) is 2.48. The molecule has 3 nitrogen and oxygen atoms in total. The van der Waals surface area contributed by atoms with Crippen molar-refractivity contribution in [2.75, 3.05) is 0 Å². The Hall–Kier alpha value is -1.32. The standard InChI is InChI=1S/C7H8BNO2/c1-4-2-5(8)3-6(9-4)7(10)11/h2-3H,8H2,1H3,(H,10,11). The third kappa shape index (κ3) is 1.80. The Morgan fingerprint density at radius 2 is 2.27 bits per heavy atom. The van der Waals surface area contributed by atoms with Gasteiger partial charge in [0, 0.05) is 5.69 Å². The summed E-state index contributed by atoms with van der Waals surface area (Å²) in [4.78, 5) is 14.3. The highest BCUT2D eigenvalue weighted by Crippen LogP contribution is 1.94. The first-order valence-electron chi connectivity index (χ1n) is 3.28. The molecule has 0 aliphatic carbocycles. The Kier molecular flexibility index (Phi) is 1.94. The van der Waals surface area contributed by atoms with Crippen molar-refractivity contribution in [2.45, 2.75) is 6.92 Å². The van der Waals surface area contributed by atoms with Gasteiger partial charge in [-0.25, -0.2) is 9.78 Å². The van der Waals surface area contributed by atoms with Gasteiger partial charge in [-0.05, 0) is 19.1 Å². The lowest BCUT2D eigenvalue weighted by Crippen LogP contribution is -2.10. The van der Waals surface area contributed by atoms with E-state index in [4.69, 9.17) is 5.11 Å². The number of pyridine rings is 1. The van der Waals surface area contributed by atoms with Crippen LogP contribution in [0.2, 0.25) is 0 Å². The van der Waals surface area contributed by atoms with E-state index >= 15 is 0 Å². The number of aryl methyl sites for hydroxylation is 1. The summed E-state index contributed by atoms with van der Waals surface area (Å²) in [7, 11) is 1.85. The number of hydrogen-bond donors (Lipinski definition) is 1. The number of carboxylic acid groups (broad SMARTS) is 1. The number of hydrogen-bond acceptors (Lipinski definition) is 2. The predicted octanol–water partition coefficient (Wildman–Crippen LogP) is -0.653. The molecule has 1 N–H and O–H groups in total. The summed E-state index contributed by atoms with van der Waals surface area (Å²) in [5, 5.41) is 8.57. The molecular weight excluding hydrogens is 141 g/mol. The van der Waals surface area contributed by atoms with Crippen molar-refractivity contribution in [3.05, 3.63) is 23.5 Å². The highest BCUT2D eigenvalue weighted by atomic mass is 16.4. The molecule has 0 atom stereocenters. The Balaban J connectivity index is 3.19. The lowest BCUT2D eigenvalue weighted by atomic mass is 9.96. The smallest absolute Gasteiger partial charge is 0.354 e. The topological polar surface area (TPSA) is 50.2 Å². The molecule has 0 saturated heterocycles. The zero-order valence-electron chi connectivity index (χ0n) is 6.46. The summed E-state index contributed by atoms with van der Waals surface area (Å²) in [6, 6.07) is 3.39. The van der Waals surface area contributed by atoms with Crippen LogP contribution in [0, 0.1) is 6.92 Å². The fraction of sp³-hybridized carbons (Fsp3) is 0.143. The largest absolute Gasteiger partial charge is 0.477 e. The molecule has 4 heteroatoms. The first-order valence-corrected chi connectivity index (χ1v) is 3.28. The number of carboxylic acids is 1. The molecule has 0 aromatic carbocycles. The van der Waals surface area contributed by atoms with Crippen LogP contribution < -0.4 is 5.46 Å². The van der Waals surface area contributed by atoms with Gasteiger partial charge >= 0.3 is 5.97 Å². The van der Waals surface area contributed by atoms with Gasteiger partial charge in [0.05, 0.1) is 0 Å². The SMILES string of the molecule is Bc1cc(C)nc(C(=O)O)c1. The molecule has 1 aromatic rings. The fourth-order valence-corrected chi connectivity index (χ4v) is 0.951. The molecule has 0 aliphatic rings. The molecule has 0 fully saturated rings. The predicted molar refractivity (Wildman–Crippen MR) is 44.1 cm³/mol. The van der Waals surface area contributed by atoms with Crippen LogP contribution in [-0.2, 0) is 0 Å². The summed E-state index contributed by atoms with van der Waals surface area (Å²) >= 11 is 0. The Morgan fingerprint density at radius 3 is 2.73 bits per heavy atom. The quantitative estimate of drug-likeness (QED) is 0.539. The van der Waals surface area contributed by atoms with E-state index < -0.39 is 5.97 Å². The lowest BCUT2D eigenvalue weighted by Gasteiger charge is -1.97. The van der Waals surface area contributed by atoms with Gasteiger partial charge in [0.25, 0.3) is 0 Å². The van der Waals surface area contributed by atoms with Crippen molar-refractivity contribution in [3.63, 3.8) is 0 Å². The van der Waals surface area contributed by atoms with E-state index in [2.05, 4.69) is 4.98 Å². The molecule has 0 saturated carbocycles. The Bertz CT molecular complexity index is 278. The van der Waals surface area contributed by atoms with Crippen molar-refractivity contribution in [1.82, 2.24) is 4.98 Å². The van der Waals surface area contributed by atoms with E-state index in [1.807, 2.05) is 13.9 Å². The molecule has 11 heavy (non-hydrogen) atoms. The molecular formula is C7H8BNO2. The fourth-order valence-electron chi connectivity index (χ4n) is 0.951. The summed E-state index contributed by atoms with van der Waals surface area (Å²) < 4.78 is 0. The summed E-state index contributed by atoms with van der Waals surface area (Å²) in [5.41, 5.74) is 1.78. The average molecular weight is 149 g/mol. The van der Waals surface area contributed by atoms with E-state index in [9.17, 15) is 4.79 Å². The second-order valence-electron chi connectivity index (χ2n) is 2.48. The summed E-state index contributed by atoms with van der Waals surface area (Å²) in [6.07, 6.45) is 0. The van der Waals surface area contributed by atoms with Gasteiger partial charge in [-0.1, -0.05) is 5.46 Å². The molecule has 0 amide bonds. The van der Waals surface area contributed by atoms with Crippen molar-refractivity contribution in [3.8, 4) is 0 Å². The monoisotopic (exact) mass is 149 g/mol. The first kappa shape index (κ1) is 7.79. The van der Waals surface area contributed by atoms with E-state index in [-0.39, 0.29) is 5.69 Å². The lowest BCUT2D eigenvalue weighted by molar-refractivity contribution is 0.0690. The Labute approximate surface area is 65.5 Å². The third-order valence-electron chi connectivity index (χ3n) is 1.32. The van der Waals surface area contributed by atoms with E-state index in [1.165, 1.54) is 0 Å². The highest BCUT2D eigenvalue weighted by molar-refractivity contribution is 6.32. The number of aromatic nitrogens is 1. The molecule has 1 aromatic heterocycles. The number of nitrogens with zero attached hydrogens (tertiary/aromatic N) is 1. The van der Waals surface area contributed by atoms with Crippen LogP contribution in [0.1, 0.15) is 16.2 Å². The van der Waals surface area contributed by atoms with Crippen LogP contribution in [0.4, 0.5) is 0 Å². The van der Waals surface area contributed by atoms with Crippen LogP contribution >= 0.6 is 0 Å². The second kappa shape index (κ2) is 2.74. The molecule has 0 aliphatic heterocycles. The van der Waals surface area contributed by atoms with E-state index in [1.54, 1.807) is 13.0 Å². The Morgan fingerprint density at radius 1 is 1.64 bits per heavy atom. The van der Waals surface area contributed by atoms with Crippen LogP contribution in [0.25, 0.3) is 0 Å². The average Bonchev–Trinajstić information content (AvgIpc) is 1.85. The van der Waals surface area contributed by atoms with Crippen molar-refractivity contribution in [1.29, 1.82) is 0 Å². The summed E-state index contributed by atoms with van der Waals surface area (Å²) in [5.74, 6) is -0.975. The molecule has 0 bridgehead atoms. The van der Waals surface area contributed by atoms with E-state index in [0.717, 1.165) is 11.2 Å². The maximum atomic E-state index is 10.4. The van der Waals surface area contributed by atoms with E-state index in [0.29, 0.717) is 0 Å². The third-order valence-corrected chi connectivity index (χ3v) is 1.32. The minimum absolute atomic E-state index is 0.113. The number of carbonyl (C=O) groups is 1. The molecule has 0 spiro atoms. The first-order chi connectivity index (χ1) is 5.09. The van der Waals surface area contributed by atoms with Gasteiger partial charge in [-0.15, -0.1) is 0 Å². The van der Waals surface area contributed by atoms with Crippen molar-refractivity contribution < 1.29 is 9.90 Å². The van der Waals surface area contributed by atoms with Gasteiger partial charge in [0.1, 0.15) is 13.5 Å². The van der Waals surface area contributed by atoms with Crippen LogP contribution in [0.5, 0.6) is 0 Å². The van der Waals surface area contributed by atoms with Crippen LogP contribution in [-0.4, -0.2) is 23.9 Å². The zero-order valence-corrected chi connectivity index (χ0v) is 6.46. The van der Waals surface area contributed by atoms with Crippen LogP contribution in [0.15, 0.2) is 12.1 Å². The van der Waals surface area contributed by atoms with Gasteiger partial charge in [0.2, 0.25) is 0 Å². The molecule has 0 unspecified atom stereocenters. The molecule has 1 rings (SSSR count). The minimum Gasteiger partial charge on any atom is -0.477 e.